The van der Waals surface area contributed by atoms with E-state index in [1.165, 1.54) is 7.11 Å². The van der Waals surface area contributed by atoms with Gasteiger partial charge in [-0.15, -0.1) is 0 Å². The van der Waals surface area contributed by atoms with Gasteiger partial charge in [0.1, 0.15) is 17.0 Å². The van der Waals surface area contributed by atoms with Crippen molar-refractivity contribution in [2.24, 2.45) is 21.8 Å². The summed E-state index contributed by atoms with van der Waals surface area (Å²) in [6.07, 6.45) is 3.20. The van der Waals surface area contributed by atoms with Crippen LogP contribution >= 0.6 is 11.6 Å². The van der Waals surface area contributed by atoms with Crippen molar-refractivity contribution in [3.8, 4) is 0 Å². The first-order valence-electron chi connectivity index (χ1n) is 6.49. The second kappa shape index (κ2) is 5.32. The third kappa shape index (κ3) is 2.45. The van der Waals surface area contributed by atoms with Gasteiger partial charge in [0.25, 0.3) is 0 Å². The van der Waals surface area contributed by atoms with Crippen LogP contribution in [0, 0.1) is 11.8 Å². The minimum Gasteiger partial charge on any atom is -0.469 e. The lowest BCUT2D eigenvalue weighted by Crippen LogP contribution is -2.36. The number of hydrogen-bond donors (Lipinski definition) is 0. The Bertz CT molecular complexity index is 594. The van der Waals surface area contributed by atoms with Crippen LogP contribution in [-0.4, -0.2) is 36.2 Å². The molecule has 6 heteroatoms. The van der Waals surface area contributed by atoms with E-state index in [0.29, 0.717) is 11.1 Å². The number of hydrogen-bond acceptors (Lipinski definition) is 5. The van der Waals surface area contributed by atoms with E-state index in [9.17, 15) is 4.79 Å². The standard InChI is InChI=1S/C14H14ClN3O2/c1-20-14(19)9-5-8(6-9)13-16-7-11(18-13)10-3-2-4-12(15)17-10/h2-4,7-9,13H,5-6H2,1H3. The molecular weight excluding hydrogens is 278 g/mol. The molecule has 1 aliphatic heterocycles. The van der Waals surface area contributed by atoms with Crippen LogP contribution in [0.3, 0.4) is 0 Å². The van der Waals surface area contributed by atoms with E-state index < -0.39 is 0 Å². The Morgan fingerprint density at radius 2 is 2.20 bits per heavy atom. The van der Waals surface area contributed by atoms with Gasteiger partial charge in [0, 0.05) is 5.92 Å². The Hall–Kier alpha value is -1.75. The molecule has 2 aliphatic rings. The van der Waals surface area contributed by atoms with Crippen LogP contribution in [0.5, 0.6) is 0 Å². The summed E-state index contributed by atoms with van der Waals surface area (Å²) in [6, 6.07) is 5.42. The van der Waals surface area contributed by atoms with Crippen LogP contribution in [0.2, 0.25) is 5.15 Å². The average molecular weight is 292 g/mol. The zero-order valence-corrected chi connectivity index (χ0v) is 11.7. The number of carbonyl (C=O) groups is 1. The first-order chi connectivity index (χ1) is 9.67. The molecule has 0 radical (unpaired) electrons. The molecule has 1 saturated carbocycles. The highest BCUT2D eigenvalue weighted by molar-refractivity contribution is 6.39. The number of pyridine rings is 1. The Labute approximate surface area is 121 Å². The van der Waals surface area contributed by atoms with Gasteiger partial charge in [0.2, 0.25) is 0 Å². The summed E-state index contributed by atoms with van der Waals surface area (Å²) in [5.74, 6) is 0.180. The summed E-state index contributed by atoms with van der Waals surface area (Å²) in [7, 11) is 1.42. The van der Waals surface area contributed by atoms with Crippen molar-refractivity contribution in [3.05, 3.63) is 29.0 Å². The molecule has 3 rings (SSSR count). The lowest BCUT2D eigenvalue weighted by Gasteiger charge is -2.34. The zero-order chi connectivity index (χ0) is 14.1. The minimum atomic E-state index is -0.135. The van der Waals surface area contributed by atoms with Gasteiger partial charge in [0.05, 0.1) is 24.9 Å². The Balaban J connectivity index is 1.65. The van der Waals surface area contributed by atoms with Crippen molar-refractivity contribution in [2.75, 3.05) is 7.11 Å². The van der Waals surface area contributed by atoms with Crippen LogP contribution in [0.1, 0.15) is 18.5 Å². The van der Waals surface area contributed by atoms with E-state index in [1.807, 2.05) is 12.1 Å². The predicted molar refractivity (Wildman–Crippen MR) is 76.3 cm³/mol. The van der Waals surface area contributed by atoms with Crippen LogP contribution in [0.25, 0.3) is 0 Å². The van der Waals surface area contributed by atoms with Crippen LogP contribution in [0.4, 0.5) is 0 Å². The first kappa shape index (κ1) is 13.2. The number of rotatable bonds is 3. The smallest absolute Gasteiger partial charge is 0.308 e. The number of aromatic nitrogens is 1. The fourth-order valence-electron chi connectivity index (χ4n) is 2.53. The number of methoxy groups -OCH3 is 1. The molecular formula is C14H14ClN3O2. The molecule has 0 bridgehead atoms. The van der Waals surface area contributed by atoms with E-state index in [0.717, 1.165) is 24.2 Å². The summed E-state index contributed by atoms with van der Waals surface area (Å²) < 4.78 is 4.73. The van der Waals surface area contributed by atoms with Crippen molar-refractivity contribution < 1.29 is 9.53 Å². The summed E-state index contributed by atoms with van der Waals surface area (Å²) in [5, 5.41) is 0.441. The van der Waals surface area contributed by atoms with Crippen molar-refractivity contribution in [3.63, 3.8) is 0 Å². The average Bonchev–Trinajstić information content (AvgIpc) is 2.86. The molecule has 0 aromatic carbocycles. The van der Waals surface area contributed by atoms with Crippen LogP contribution in [0.15, 0.2) is 28.2 Å². The van der Waals surface area contributed by atoms with Gasteiger partial charge in [-0.05, 0) is 25.0 Å². The van der Waals surface area contributed by atoms with Crippen LogP contribution < -0.4 is 0 Å². The normalized spacial score (nSPS) is 27.9. The maximum atomic E-state index is 11.4. The SMILES string of the molecule is COC(=O)C1CC(C2N=CC(c3cccc(Cl)n3)=N2)C1. The summed E-state index contributed by atoms with van der Waals surface area (Å²) >= 11 is 5.87. The van der Waals surface area contributed by atoms with E-state index in [-0.39, 0.29) is 18.1 Å². The molecule has 2 heterocycles. The second-order valence-electron chi connectivity index (χ2n) is 5.00. The largest absolute Gasteiger partial charge is 0.469 e. The molecule has 0 spiro atoms. The summed E-state index contributed by atoms with van der Waals surface area (Å²) in [5.41, 5.74) is 1.48. The Kier molecular flexibility index (Phi) is 3.53. The Morgan fingerprint density at radius 3 is 2.90 bits per heavy atom. The highest BCUT2D eigenvalue weighted by Crippen LogP contribution is 2.39. The number of esters is 1. The van der Waals surface area contributed by atoms with Crippen molar-refractivity contribution >= 4 is 29.5 Å². The first-order valence-corrected chi connectivity index (χ1v) is 6.87. The number of aliphatic imine (C=N–C) groups is 2. The van der Waals surface area contributed by atoms with Gasteiger partial charge in [-0.1, -0.05) is 17.7 Å². The molecule has 20 heavy (non-hydrogen) atoms. The van der Waals surface area contributed by atoms with Crippen molar-refractivity contribution in [1.82, 2.24) is 4.98 Å². The molecule has 1 fully saturated rings. The van der Waals surface area contributed by atoms with Gasteiger partial charge in [-0.25, -0.2) is 4.98 Å². The molecule has 1 aliphatic carbocycles. The molecule has 1 aromatic heterocycles. The lowest BCUT2D eigenvalue weighted by molar-refractivity contribution is -0.150. The van der Waals surface area contributed by atoms with Crippen molar-refractivity contribution in [1.29, 1.82) is 0 Å². The molecule has 0 saturated heterocycles. The second-order valence-corrected chi connectivity index (χ2v) is 5.39. The fraction of sp³-hybridized carbons (Fsp3) is 0.429. The summed E-state index contributed by atoms with van der Waals surface area (Å²) in [4.78, 5) is 24.5. The fourth-order valence-corrected chi connectivity index (χ4v) is 2.69. The highest BCUT2D eigenvalue weighted by atomic mass is 35.5. The van der Waals surface area contributed by atoms with Gasteiger partial charge < -0.3 is 4.74 Å². The monoisotopic (exact) mass is 291 g/mol. The third-order valence-corrected chi connectivity index (χ3v) is 3.94. The molecule has 1 atom stereocenters. The molecule has 0 N–H and O–H groups in total. The number of nitrogens with zero attached hydrogens (tertiary/aromatic N) is 3. The van der Waals surface area contributed by atoms with Gasteiger partial charge in [0.15, 0.2) is 0 Å². The number of carbonyl (C=O) groups excluding carboxylic acids is 1. The number of halogens is 1. The van der Waals surface area contributed by atoms with E-state index in [4.69, 9.17) is 16.3 Å². The quantitative estimate of drug-likeness (QED) is 0.633. The molecule has 104 valence electrons. The zero-order valence-electron chi connectivity index (χ0n) is 11.0. The van der Waals surface area contributed by atoms with Gasteiger partial charge >= 0.3 is 5.97 Å². The Morgan fingerprint density at radius 1 is 1.40 bits per heavy atom. The maximum Gasteiger partial charge on any atom is 0.308 e. The maximum absolute atomic E-state index is 11.4. The molecule has 0 amide bonds. The third-order valence-electron chi connectivity index (χ3n) is 3.73. The highest BCUT2D eigenvalue weighted by Gasteiger charge is 2.40. The van der Waals surface area contributed by atoms with Crippen molar-refractivity contribution in [2.45, 2.75) is 19.0 Å². The van der Waals surface area contributed by atoms with Crippen LogP contribution in [-0.2, 0) is 9.53 Å². The van der Waals surface area contributed by atoms with E-state index >= 15 is 0 Å². The van der Waals surface area contributed by atoms with E-state index in [2.05, 4.69) is 15.0 Å². The molecule has 1 unspecified atom stereocenters. The summed E-state index contributed by atoms with van der Waals surface area (Å²) in [6.45, 7) is 0. The number of ether oxygens (including phenoxy) is 1. The lowest BCUT2D eigenvalue weighted by atomic mass is 9.73. The van der Waals surface area contributed by atoms with Gasteiger partial charge in [-0.3, -0.25) is 14.8 Å². The molecule has 5 nitrogen and oxygen atoms in total. The molecule has 1 aromatic rings. The van der Waals surface area contributed by atoms with E-state index in [1.54, 1.807) is 12.3 Å². The van der Waals surface area contributed by atoms with Gasteiger partial charge in [-0.2, -0.15) is 0 Å². The minimum absolute atomic E-state index is 0.00347. The topological polar surface area (TPSA) is 63.9 Å². The predicted octanol–water partition coefficient (Wildman–Crippen LogP) is 2.13.